The highest BCUT2D eigenvalue weighted by atomic mass is 19.4. The third-order valence-electron chi connectivity index (χ3n) is 5.92. The van der Waals surface area contributed by atoms with E-state index in [1.165, 1.54) is 6.07 Å². The predicted octanol–water partition coefficient (Wildman–Crippen LogP) is 3.72. The normalized spacial score (nSPS) is 19.8. The minimum Gasteiger partial charge on any atom is -0.368 e. The summed E-state index contributed by atoms with van der Waals surface area (Å²) in [5.41, 5.74) is 1.67. The lowest BCUT2D eigenvalue weighted by molar-refractivity contribution is -0.137. The summed E-state index contributed by atoms with van der Waals surface area (Å²) in [6.45, 7) is 4.06. The van der Waals surface area contributed by atoms with Gasteiger partial charge in [0.15, 0.2) is 0 Å². The number of aryl methyl sites for hydroxylation is 1. The largest absolute Gasteiger partial charge is 0.416 e. The van der Waals surface area contributed by atoms with Gasteiger partial charge in [0, 0.05) is 50.5 Å². The zero-order valence-corrected chi connectivity index (χ0v) is 17.2. The van der Waals surface area contributed by atoms with Gasteiger partial charge in [-0.1, -0.05) is 18.2 Å². The zero-order valence-electron chi connectivity index (χ0n) is 17.2. The fraction of sp³-hybridized carbons (Fsp3) is 0.391. The fourth-order valence-corrected chi connectivity index (χ4v) is 4.24. The number of carbonyl (C=O) groups excluding carboxylic acids is 2. The molecule has 0 unspecified atom stereocenters. The van der Waals surface area contributed by atoms with Crippen molar-refractivity contribution < 1.29 is 22.8 Å². The molecule has 2 aliphatic rings. The molecular formula is C23H24F3N3O2. The van der Waals surface area contributed by atoms with Gasteiger partial charge in [-0.25, -0.2) is 0 Å². The first kappa shape index (κ1) is 21.2. The number of rotatable bonds is 3. The number of piperazine rings is 1. The van der Waals surface area contributed by atoms with E-state index in [4.69, 9.17) is 0 Å². The van der Waals surface area contributed by atoms with Crippen LogP contribution in [0, 0.1) is 12.8 Å². The summed E-state index contributed by atoms with van der Waals surface area (Å²) < 4.78 is 38.9. The van der Waals surface area contributed by atoms with Crippen molar-refractivity contribution in [3.05, 3.63) is 59.7 Å². The molecule has 2 aliphatic heterocycles. The van der Waals surface area contributed by atoms with E-state index in [1.807, 2.05) is 36.1 Å². The number of alkyl halides is 3. The molecule has 4 rings (SSSR count). The van der Waals surface area contributed by atoms with Gasteiger partial charge in [-0.15, -0.1) is 0 Å². The van der Waals surface area contributed by atoms with E-state index in [2.05, 4.69) is 0 Å². The number of carbonyl (C=O) groups is 2. The number of halogens is 3. The molecule has 0 spiro atoms. The molecule has 2 saturated heterocycles. The van der Waals surface area contributed by atoms with Gasteiger partial charge in [-0.05, 0) is 42.8 Å². The molecule has 5 nitrogen and oxygen atoms in total. The van der Waals surface area contributed by atoms with Crippen LogP contribution < -0.4 is 9.80 Å². The van der Waals surface area contributed by atoms with E-state index >= 15 is 0 Å². The van der Waals surface area contributed by atoms with Crippen LogP contribution in [0.4, 0.5) is 24.5 Å². The summed E-state index contributed by atoms with van der Waals surface area (Å²) in [7, 11) is 0. The molecule has 1 atom stereocenters. The summed E-state index contributed by atoms with van der Waals surface area (Å²) in [5.74, 6) is -0.521. The quantitative estimate of drug-likeness (QED) is 0.744. The Morgan fingerprint density at radius 1 is 0.968 bits per heavy atom. The second-order valence-corrected chi connectivity index (χ2v) is 8.10. The minimum absolute atomic E-state index is 0.0628. The van der Waals surface area contributed by atoms with Crippen LogP contribution >= 0.6 is 0 Å². The van der Waals surface area contributed by atoms with Crippen molar-refractivity contribution in [3.63, 3.8) is 0 Å². The van der Waals surface area contributed by atoms with Gasteiger partial charge in [0.2, 0.25) is 11.8 Å². The van der Waals surface area contributed by atoms with E-state index in [0.717, 1.165) is 23.4 Å². The highest BCUT2D eigenvalue weighted by molar-refractivity contribution is 6.00. The molecule has 2 aromatic carbocycles. The van der Waals surface area contributed by atoms with Crippen LogP contribution in [0.1, 0.15) is 17.5 Å². The Kier molecular flexibility index (Phi) is 5.64. The Bertz CT molecular complexity index is 984. The number of hydrogen-bond donors (Lipinski definition) is 0. The van der Waals surface area contributed by atoms with Crippen LogP contribution in [0.15, 0.2) is 48.5 Å². The Balaban J connectivity index is 1.37. The number of benzene rings is 2. The Labute approximate surface area is 179 Å². The topological polar surface area (TPSA) is 43.9 Å². The lowest BCUT2D eigenvalue weighted by atomic mass is 10.1. The molecule has 31 heavy (non-hydrogen) atoms. The summed E-state index contributed by atoms with van der Waals surface area (Å²) in [4.78, 5) is 30.7. The molecule has 2 aromatic rings. The molecule has 0 bridgehead atoms. The van der Waals surface area contributed by atoms with Crippen molar-refractivity contribution in [2.75, 3.05) is 42.5 Å². The van der Waals surface area contributed by atoms with Crippen LogP contribution in [-0.2, 0) is 15.8 Å². The SMILES string of the molecule is Cc1cccc(N2C[C@H](C(=O)N3CCN(c4cccc(C(F)(F)F)c4)CC3)CC2=O)c1. The van der Waals surface area contributed by atoms with Crippen LogP contribution in [0.5, 0.6) is 0 Å². The highest BCUT2D eigenvalue weighted by Gasteiger charge is 2.38. The van der Waals surface area contributed by atoms with Gasteiger partial charge in [0.25, 0.3) is 0 Å². The summed E-state index contributed by atoms with van der Waals surface area (Å²) >= 11 is 0. The van der Waals surface area contributed by atoms with E-state index in [-0.39, 0.29) is 18.2 Å². The van der Waals surface area contributed by atoms with Gasteiger partial charge < -0.3 is 14.7 Å². The van der Waals surface area contributed by atoms with Gasteiger partial charge in [0.05, 0.1) is 11.5 Å². The second-order valence-electron chi connectivity index (χ2n) is 8.10. The Hall–Kier alpha value is -3.03. The van der Waals surface area contributed by atoms with E-state index < -0.39 is 17.7 Å². The third kappa shape index (κ3) is 4.52. The molecule has 2 heterocycles. The minimum atomic E-state index is -4.38. The number of hydrogen-bond acceptors (Lipinski definition) is 3. The van der Waals surface area contributed by atoms with E-state index in [1.54, 1.807) is 15.9 Å². The van der Waals surface area contributed by atoms with Crippen molar-refractivity contribution in [2.45, 2.75) is 19.5 Å². The van der Waals surface area contributed by atoms with Gasteiger partial charge in [-0.3, -0.25) is 9.59 Å². The average molecular weight is 431 g/mol. The molecule has 0 N–H and O–H groups in total. The van der Waals surface area contributed by atoms with Crippen LogP contribution in [0.2, 0.25) is 0 Å². The van der Waals surface area contributed by atoms with Crippen molar-refractivity contribution in [1.29, 1.82) is 0 Å². The maximum absolute atomic E-state index is 13.0. The molecular weight excluding hydrogens is 407 g/mol. The first-order valence-corrected chi connectivity index (χ1v) is 10.3. The zero-order chi connectivity index (χ0) is 22.2. The molecule has 164 valence electrons. The van der Waals surface area contributed by atoms with E-state index in [0.29, 0.717) is 38.4 Å². The number of amides is 2. The third-order valence-corrected chi connectivity index (χ3v) is 5.92. The van der Waals surface area contributed by atoms with Crippen molar-refractivity contribution in [2.24, 2.45) is 5.92 Å². The second kappa shape index (κ2) is 8.24. The highest BCUT2D eigenvalue weighted by Crippen LogP contribution is 2.32. The number of nitrogens with zero attached hydrogens (tertiary/aromatic N) is 3. The first-order valence-electron chi connectivity index (χ1n) is 10.3. The molecule has 2 fully saturated rings. The monoisotopic (exact) mass is 431 g/mol. The smallest absolute Gasteiger partial charge is 0.368 e. The predicted molar refractivity (Wildman–Crippen MR) is 112 cm³/mol. The molecule has 0 saturated carbocycles. The first-order chi connectivity index (χ1) is 14.7. The van der Waals surface area contributed by atoms with Gasteiger partial charge in [0.1, 0.15) is 0 Å². The molecule has 0 aromatic heterocycles. The lowest BCUT2D eigenvalue weighted by Gasteiger charge is -2.37. The summed E-state index contributed by atoms with van der Waals surface area (Å²) in [6.07, 6.45) is -4.20. The fourth-order valence-electron chi connectivity index (χ4n) is 4.24. The summed E-state index contributed by atoms with van der Waals surface area (Å²) in [6, 6.07) is 12.9. The van der Waals surface area contributed by atoms with E-state index in [9.17, 15) is 22.8 Å². The summed E-state index contributed by atoms with van der Waals surface area (Å²) in [5, 5.41) is 0. The van der Waals surface area contributed by atoms with Gasteiger partial charge in [-0.2, -0.15) is 13.2 Å². The van der Waals surface area contributed by atoms with Gasteiger partial charge >= 0.3 is 6.18 Å². The maximum Gasteiger partial charge on any atom is 0.416 e. The molecule has 0 aliphatic carbocycles. The van der Waals surface area contributed by atoms with Crippen LogP contribution in [0.3, 0.4) is 0 Å². The van der Waals surface area contributed by atoms with Crippen molar-refractivity contribution in [3.8, 4) is 0 Å². The van der Waals surface area contributed by atoms with Crippen molar-refractivity contribution in [1.82, 2.24) is 4.90 Å². The average Bonchev–Trinajstić information content (AvgIpc) is 3.14. The Morgan fingerprint density at radius 2 is 1.65 bits per heavy atom. The maximum atomic E-state index is 13.0. The lowest BCUT2D eigenvalue weighted by Crippen LogP contribution is -2.50. The molecule has 0 radical (unpaired) electrons. The number of anilines is 2. The van der Waals surface area contributed by atoms with Crippen LogP contribution in [0.25, 0.3) is 0 Å². The standard InChI is InChI=1S/C23H24F3N3O2/c1-16-4-2-7-20(12-16)29-15-17(13-21(29)30)22(31)28-10-8-27(9-11-28)19-6-3-5-18(14-19)23(24,25)26/h2-7,12,14,17H,8-11,13,15H2,1H3/t17-/m1/s1. The molecule has 2 amide bonds. The Morgan fingerprint density at radius 3 is 2.32 bits per heavy atom. The van der Waals surface area contributed by atoms with Crippen molar-refractivity contribution >= 4 is 23.2 Å². The molecule has 8 heteroatoms. The van der Waals surface area contributed by atoms with Crippen LogP contribution in [-0.4, -0.2) is 49.4 Å².